The van der Waals surface area contributed by atoms with E-state index in [2.05, 4.69) is 11.6 Å². The van der Waals surface area contributed by atoms with E-state index in [0.717, 1.165) is 5.56 Å². The van der Waals surface area contributed by atoms with Crippen molar-refractivity contribution in [2.45, 2.75) is 6.92 Å². The Balaban J connectivity index is 2.83. The number of nitrogens with zero attached hydrogens (tertiary/aromatic N) is 1. The van der Waals surface area contributed by atoms with Gasteiger partial charge in [-0.1, -0.05) is 42.5 Å². The molecule has 0 aliphatic heterocycles. The van der Waals surface area contributed by atoms with Gasteiger partial charge in [0.25, 0.3) is 0 Å². The minimum atomic E-state index is 0.264. The van der Waals surface area contributed by atoms with Crippen LogP contribution in [-0.4, -0.2) is 12.1 Å². The molecule has 0 radical (unpaired) electrons. The van der Waals surface area contributed by atoms with Crippen molar-refractivity contribution in [1.29, 1.82) is 5.41 Å². The van der Waals surface area contributed by atoms with Gasteiger partial charge in [0.05, 0.1) is 0 Å². The summed E-state index contributed by atoms with van der Waals surface area (Å²) in [7, 11) is 0. The second-order valence-corrected chi connectivity index (χ2v) is 2.73. The Hall–Kier alpha value is -1.70. The Bertz CT molecular complexity index is 334. The first-order valence-electron chi connectivity index (χ1n) is 4.04. The van der Waals surface area contributed by atoms with Crippen LogP contribution < -0.4 is 0 Å². The number of aryl methyl sites for hydroxylation is 1. The van der Waals surface area contributed by atoms with Gasteiger partial charge in [-0.3, -0.25) is 5.41 Å². The second-order valence-electron chi connectivity index (χ2n) is 2.73. The van der Waals surface area contributed by atoms with Crippen molar-refractivity contribution >= 4 is 12.1 Å². The van der Waals surface area contributed by atoms with Crippen LogP contribution in [0.15, 0.2) is 41.9 Å². The van der Waals surface area contributed by atoms with Crippen molar-refractivity contribution in [1.82, 2.24) is 0 Å². The molecule has 1 rings (SSSR count). The summed E-state index contributed by atoms with van der Waals surface area (Å²) in [5, 5.41) is 7.56. The van der Waals surface area contributed by atoms with E-state index in [9.17, 15) is 0 Å². The first kappa shape index (κ1) is 9.39. The maximum absolute atomic E-state index is 7.56. The molecule has 2 heteroatoms. The molecular weight excluding hydrogens is 160 g/mol. The number of benzene rings is 1. The highest BCUT2D eigenvalue weighted by atomic mass is 14.8. The third-order valence-corrected chi connectivity index (χ3v) is 1.63. The van der Waals surface area contributed by atoms with Crippen LogP contribution >= 0.6 is 0 Å². The summed E-state index contributed by atoms with van der Waals surface area (Å²) in [5.74, 6) is 0.264. The third-order valence-electron chi connectivity index (χ3n) is 1.63. The molecule has 66 valence electrons. The molecule has 0 unspecified atom stereocenters. The smallest absolute Gasteiger partial charge is 0.151 e. The lowest BCUT2D eigenvalue weighted by Crippen LogP contribution is -1.94. The van der Waals surface area contributed by atoms with Crippen LogP contribution in [0.3, 0.4) is 0 Å². The van der Waals surface area contributed by atoms with E-state index < -0.39 is 0 Å². The number of rotatable bonds is 2. The van der Waals surface area contributed by atoms with Crippen LogP contribution in [0.2, 0.25) is 0 Å². The fraction of sp³-hybridized carbons (Fsp3) is 0.0909. The molecule has 0 fully saturated rings. The first-order valence-corrected chi connectivity index (χ1v) is 4.04. The predicted octanol–water partition coefficient (Wildman–Crippen LogP) is 2.58. The van der Waals surface area contributed by atoms with E-state index in [1.165, 1.54) is 11.8 Å². The van der Waals surface area contributed by atoms with E-state index in [4.69, 9.17) is 5.41 Å². The van der Waals surface area contributed by atoms with Gasteiger partial charge >= 0.3 is 0 Å². The summed E-state index contributed by atoms with van der Waals surface area (Å²) < 4.78 is 0. The van der Waals surface area contributed by atoms with Crippen LogP contribution in [0.1, 0.15) is 11.1 Å². The van der Waals surface area contributed by atoms with Gasteiger partial charge in [0.2, 0.25) is 0 Å². The molecular formula is C11H12N2. The van der Waals surface area contributed by atoms with E-state index in [-0.39, 0.29) is 5.84 Å². The normalized spacial score (nSPS) is 10.2. The van der Waals surface area contributed by atoms with Gasteiger partial charge in [0.15, 0.2) is 5.84 Å². The van der Waals surface area contributed by atoms with Gasteiger partial charge < -0.3 is 0 Å². The van der Waals surface area contributed by atoms with Gasteiger partial charge in [0, 0.05) is 11.8 Å². The predicted molar refractivity (Wildman–Crippen MR) is 56.7 cm³/mol. The molecule has 0 bridgehead atoms. The van der Waals surface area contributed by atoms with Crippen molar-refractivity contribution in [3.05, 3.63) is 48.0 Å². The summed E-state index contributed by atoms with van der Waals surface area (Å²) in [6.45, 7) is 5.51. The average Bonchev–Trinajstić information content (AvgIpc) is 2.15. The summed E-state index contributed by atoms with van der Waals surface area (Å²) in [4.78, 5) is 3.88. The largest absolute Gasteiger partial charge is 0.282 e. The average molecular weight is 172 g/mol. The molecule has 0 aliphatic carbocycles. The van der Waals surface area contributed by atoms with Crippen LogP contribution in [0.25, 0.3) is 0 Å². The van der Waals surface area contributed by atoms with Crippen LogP contribution in [0.5, 0.6) is 0 Å². The Morgan fingerprint density at radius 2 is 2.00 bits per heavy atom. The molecule has 0 saturated heterocycles. The lowest BCUT2D eigenvalue weighted by Gasteiger charge is -1.97. The molecule has 0 saturated carbocycles. The maximum Gasteiger partial charge on any atom is 0.151 e. The zero-order chi connectivity index (χ0) is 9.68. The minimum absolute atomic E-state index is 0.264. The fourth-order valence-electron chi connectivity index (χ4n) is 0.913. The van der Waals surface area contributed by atoms with E-state index in [1.807, 2.05) is 31.2 Å². The maximum atomic E-state index is 7.56. The summed E-state index contributed by atoms with van der Waals surface area (Å²) in [5.41, 5.74) is 2.01. The molecule has 0 aromatic heterocycles. The molecule has 0 atom stereocenters. The topological polar surface area (TPSA) is 36.2 Å². The Kier molecular flexibility index (Phi) is 3.15. The highest BCUT2D eigenvalue weighted by molar-refractivity contribution is 6.02. The number of hydrogen-bond acceptors (Lipinski definition) is 1. The first-order chi connectivity index (χ1) is 6.24. The number of hydrogen-bond donors (Lipinski definition) is 1. The van der Waals surface area contributed by atoms with Crippen LogP contribution in [0.4, 0.5) is 0 Å². The van der Waals surface area contributed by atoms with Crippen molar-refractivity contribution in [2.75, 3.05) is 0 Å². The zero-order valence-electron chi connectivity index (χ0n) is 7.62. The van der Waals surface area contributed by atoms with Crippen molar-refractivity contribution in [2.24, 2.45) is 4.99 Å². The summed E-state index contributed by atoms with van der Waals surface area (Å²) in [6, 6.07) is 7.71. The molecule has 0 spiro atoms. The van der Waals surface area contributed by atoms with Gasteiger partial charge in [0.1, 0.15) is 0 Å². The number of nitrogens with one attached hydrogen (secondary N) is 1. The SMILES string of the molecule is C=CC=NC(=N)c1ccc(C)cc1. The minimum Gasteiger partial charge on any atom is -0.282 e. The molecule has 1 aromatic carbocycles. The molecule has 0 amide bonds. The molecule has 1 N–H and O–H groups in total. The van der Waals surface area contributed by atoms with Crippen molar-refractivity contribution < 1.29 is 0 Å². The summed E-state index contributed by atoms with van der Waals surface area (Å²) in [6.07, 6.45) is 3.07. The third kappa shape index (κ3) is 2.67. The fourth-order valence-corrected chi connectivity index (χ4v) is 0.913. The van der Waals surface area contributed by atoms with E-state index >= 15 is 0 Å². The standard InChI is InChI=1S/C11H12N2/c1-3-8-13-11(12)10-6-4-9(2)5-7-10/h3-8,12H,1H2,2H3. The molecule has 0 aliphatic rings. The Labute approximate surface area is 78.1 Å². The zero-order valence-corrected chi connectivity index (χ0v) is 7.62. The van der Waals surface area contributed by atoms with Crippen LogP contribution in [0, 0.1) is 12.3 Å². The summed E-state index contributed by atoms with van der Waals surface area (Å²) >= 11 is 0. The van der Waals surface area contributed by atoms with Gasteiger partial charge in [-0.15, -0.1) is 0 Å². The highest BCUT2D eigenvalue weighted by Gasteiger charge is 1.95. The Morgan fingerprint density at radius 1 is 1.38 bits per heavy atom. The van der Waals surface area contributed by atoms with Crippen molar-refractivity contribution in [3.63, 3.8) is 0 Å². The number of amidine groups is 1. The molecule has 0 heterocycles. The lowest BCUT2D eigenvalue weighted by molar-refractivity contribution is 1.40. The highest BCUT2D eigenvalue weighted by Crippen LogP contribution is 2.03. The van der Waals surface area contributed by atoms with Crippen molar-refractivity contribution in [3.8, 4) is 0 Å². The van der Waals surface area contributed by atoms with Crippen LogP contribution in [-0.2, 0) is 0 Å². The van der Waals surface area contributed by atoms with E-state index in [0.29, 0.717) is 0 Å². The second kappa shape index (κ2) is 4.36. The number of allylic oxidation sites excluding steroid dienone is 1. The quantitative estimate of drug-likeness (QED) is 0.526. The van der Waals surface area contributed by atoms with Gasteiger partial charge in [-0.05, 0) is 6.92 Å². The van der Waals surface area contributed by atoms with Gasteiger partial charge in [-0.2, -0.15) is 0 Å². The van der Waals surface area contributed by atoms with Gasteiger partial charge in [-0.25, -0.2) is 4.99 Å². The van der Waals surface area contributed by atoms with E-state index in [1.54, 1.807) is 6.08 Å². The Morgan fingerprint density at radius 3 is 2.54 bits per heavy atom. The number of aliphatic imine (C=N–C) groups is 1. The molecule has 1 aromatic rings. The lowest BCUT2D eigenvalue weighted by atomic mass is 10.1. The monoisotopic (exact) mass is 172 g/mol. The molecule has 13 heavy (non-hydrogen) atoms. The molecule has 2 nitrogen and oxygen atoms in total.